The Bertz CT molecular complexity index is 847. The van der Waals surface area contributed by atoms with E-state index in [0.29, 0.717) is 0 Å². The minimum absolute atomic E-state index is 0.282. The summed E-state index contributed by atoms with van der Waals surface area (Å²) >= 11 is 1.47. The van der Waals surface area contributed by atoms with E-state index < -0.39 is 11.6 Å². The Morgan fingerprint density at radius 3 is 2.91 bits per heavy atom. The maximum absolute atomic E-state index is 11.5. The Kier molecular flexibility index (Phi) is 3.81. The van der Waals surface area contributed by atoms with Gasteiger partial charge in [-0.25, -0.2) is 14.8 Å². The molecule has 3 rings (SSSR count). The normalized spacial score (nSPS) is 11.8. The molecule has 0 radical (unpaired) electrons. The number of rotatable bonds is 3. The SMILES string of the molecule is CC(C)(C)N(Cc1nc(-c2c[nH]c3ncccc23)cs1)C(=O)O. The summed E-state index contributed by atoms with van der Waals surface area (Å²) in [5.74, 6) is 0. The zero-order chi connectivity index (χ0) is 16.6. The number of thiazole rings is 1. The summed E-state index contributed by atoms with van der Waals surface area (Å²) in [7, 11) is 0. The predicted octanol–water partition coefficient (Wildman–Crippen LogP) is 3.96. The van der Waals surface area contributed by atoms with Crippen molar-refractivity contribution in [2.24, 2.45) is 0 Å². The van der Waals surface area contributed by atoms with E-state index in [9.17, 15) is 9.90 Å². The highest BCUT2D eigenvalue weighted by Gasteiger charge is 2.27. The lowest BCUT2D eigenvalue weighted by atomic mass is 10.1. The van der Waals surface area contributed by atoms with E-state index >= 15 is 0 Å². The Hall–Kier alpha value is -2.41. The summed E-state index contributed by atoms with van der Waals surface area (Å²) in [6.07, 6.45) is 2.68. The Morgan fingerprint density at radius 2 is 2.22 bits per heavy atom. The summed E-state index contributed by atoms with van der Waals surface area (Å²) < 4.78 is 0. The van der Waals surface area contributed by atoms with Crippen LogP contribution >= 0.6 is 11.3 Å². The van der Waals surface area contributed by atoms with Gasteiger partial charge in [-0.15, -0.1) is 11.3 Å². The third kappa shape index (κ3) is 3.05. The van der Waals surface area contributed by atoms with Crippen LogP contribution in [0.1, 0.15) is 25.8 Å². The molecule has 7 heteroatoms. The average molecular weight is 330 g/mol. The molecule has 3 aromatic heterocycles. The first kappa shape index (κ1) is 15.5. The van der Waals surface area contributed by atoms with Crippen molar-refractivity contribution in [3.05, 3.63) is 34.9 Å². The molecule has 0 aromatic carbocycles. The lowest BCUT2D eigenvalue weighted by Gasteiger charge is -2.32. The fourth-order valence-electron chi connectivity index (χ4n) is 2.40. The molecule has 3 aromatic rings. The summed E-state index contributed by atoms with van der Waals surface area (Å²) in [6.45, 7) is 5.91. The van der Waals surface area contributed by atoms with Gasteiger partial charge in [0.2, 0.25) is 0 Å². The number of carbonyl (C=O) groups is 1. The summed E-state index contributed by atoms with van der Waals surface area (Å²) in [4.78, 5) is 24.9. The number of nitrogens with zero attached hydrogens (tertiary/aromatic N) is 3. The molecule has 1 amide bonds. The highest BCUT2D eigenvalue weighted by molar-refractivity contribution is 7.09. The predicted molar refractivity (Wildman–Crippen MR) is 90.5 cm³/mol. The fraction of sp³-hybridized carbons (Fsp3) is 0.312. The molecule has 0 spiro atoms. The smallest absolute Gasteiger partial charge is 0.408 e. The highest BCUT2D eigenvalue weighted by Crippen LogP contribution is 2.29. The van der Waals surface area contributed by atoms with Crippen molar-refractivity contribution in [3.63, 3.8) is 0 Å². The van der Waals surface area contributed by atoms with Gasteiger partial charge in [-0.1, -0.05) is 0 Å². The van der Waals surface area contributed by atoms with Gasteiger partial charge >= 0.3 is 6.09 Å². The van der Waals surface area contributed by atoms with E-state index in [4.69, 9.17) is 0 Å². The molecule has 3 heterocycles. The van der Waals surface area contributed by atoms with Crippen LogP contribution in [0.2, 0.25) is 0 Å². The summed E-state index contributed by atoms with van der Waals surface area (Å²) in [5, 5.41) is 13.1. The van der Waals surface area contributed by atoms with Gasteiger partial charge in [0.15, 0.2) is 0 Å². The van der Waals surface area contributed by atoms with E-state index in [0.717, 1.165) is 27.3 Å². The van der Waals surface area contributed by atoms with Gasteiger partial charge in [-0.05, 0) is 32.9 Å². The van der Waals surface area contributed by atoms with E-state index in [-0.39, 0.29) is 6.54 Å². The van der Waals surface area contributed by atoms with Gasteiger partial charge in [0.05, 0.1) is 12.2 Å². The van der Waals surface area contributed by atoms with Crippen molar-refractivity contribution < 1.29 is 9.90 Å². The molecule has 0 bridgehead atoms. The molecule has 0 unspecified atom stereocenters. The van der Waals surface area contributed by atoms with E-state index in [1.54, 1.807) is 6.20 Å². The van der Waals surface area contributed by atoms with Crippen LogP contribution in [-0.2, 0) is 6.54 Å². The van der Waals surface area contributed by atoms with Crippen LogP contribution in [-0.4, -0.2) is 36.6 Å². The van der Waals surface area contributed by atoms with Gasteiger partial charge in [-0.3, -0.25) is 4.90 Å². The number of aromatic nitrogens is 3. The van der Waals surface area contributed by atoms with E-state index in [1.807, 2.05) is 44.5 Å². The summed E-state index contributed by atoms with van der Waals surface area (Å²) in [5.41, 5.74) is 2.16. The average Bonchev–Trinajstić information content (AvgIpc) is 3.09. The minimum atomic E-state index is -0.939. The second kappa shape index (κ2) is 5.66. The van der Waals surface area contributed by atoms with Crippen LogP contribution in [0.3, 0.4) is 0 Å². The van der Waals surface area contributed by atoms with Crippen LogP contribution in [0.4, 0.5) is 4.79 Å². The fourth-order valence-corrected chi connectivity index (χ4v) is 3.18. The van der Waals surface area contributed by atoms with Gasteiger partial charge < -0.3 is 10.1 Å². The second-order valence-electron chi connectivity index (χ2n) is 6.27. The second-order valence-corrected chi connectivity index (χ2v) is 7.21. The number of amides is 1. The van der Waals surface area contributed by atoms with E-state index in [1.165, 1.54) is 16.2 Å². The van der Waals surface area contributed by atoms with Crippen LogP contribution in [0.15, 0.2) is 29.9 Å². The number of carboxylic acid groups (broad SMARTS) is 1. The molecule has 0 aliphatic carbocycles. The third-order valence-electron chi connectivity index (χ3n) is 3.61. The van der Waals surface area contributed by atoms with Crippen molar-refractivity contribution >= 4 is 28.5 Å². The molecule has 0 atom stereocenters. The maximum Gasteiger partial charge on any atom is 0.408 e. The van der Waals surface area contributed by atoms with Gasteiger partial charge in [0, 0.05) is 34.3 Å². The molecule has 23 heavy (non-hydrogen) atoms. The zero-order valence-corrected chi connectivity index (χ0v) is 14.0. The zero-order valence-electron chi connectivity index (χ0n) is 13.2. The van der Waals surface area contributed by atoms with Crippen molar-refractivity contribution in [2.75, 3.05) is 0 Å². The quantitative estimate of drug-likeness (QED) is 0.761. The van der Waals surface area contributed by atoms with Gasteiger partial charge in [0.1, 0.15) is 10.7 Å². The lowest BCUT2D eigenvalue weighted by molar-refractivity contribution is 0.0955. The molecular weight excluding hydrogens is 312 g/mol. The number of pyridine rings is 1. The van der Waals surface area contributed by atoms with Gasteiger partial charge in [-0.2, -0.15) is 0 Å². The monoisotopic (exact) mass is 330 g/mol. The number of hydrogen-bond donors (Lipinski definition) is 2. The van der Waals surface area contributed by atoms with Crippen molar-refractivity contribution in [3.8, 4) is 11.3 Å². The molecule has 0 aliphatic heterocycles. The first-order valence-electron chi connectivity index (χ1n) is 7.23. The van der Waals surface area contributed by atoms with Crippen LogP contribution in [0, 0.1) is 0 Å². The lowest BCUT2D eigenvalue weighted by Crippen LogP contribution is -2.44. The van der Waals surface area contributed by atoms with Crippen LogP contribution in [0.25, 0.3) is 22.3 Å². The van der Waals surface area contributed by atoms with Gasteiger partial charge in [0.25, 0.3) is 0 Å². The topological polar surface area (TPSA) is 82.1 Å². The Morgan fingerprint density at radius 1 is 1.43 bits per heavy atom. The molecule has 0 fully saturated rings. The number of aromatic amines is 1. The number of hydrogen-bond acceptors (Lipinski definition) is 4. The van der Waals surface area contributed by atoms with E-state index in [2.05, 4.69) is 15.0 Å². The van der Waals surface area contributed by atoms with Crippen LogP contribution < -0.4 is 0 Å². The number of fused-ring (bicyclic) bond motifs is 1. The molecule has 2 N–H and O–H groups in total. The number of nitrogens with one attached hydrogen (secondary N) is 1. The minimum Gasteiger partial charge on any atom is -0.465 e. The van der Waals surface area contributed by atoms with Crippen LogP contribution in [0.5, 0.6) is 0 Å². The summed E-state index contributed by atoms with van der Waals surface area (Å²) in [6, 6.07) is 3.88. The molecule has 0 saturated carbocycles. The van der Waals surface area contributed by atoms with Crippen molar-refractivity contribution in [1.29, 1.82) is 0 Å². The molecule has 0 saturated heterocycles. The largest absolute Gasteiger partial charge is 0.465 e. The number of H-pyrrole nitrogens is 1. The molecule has 120 valence electrons. The first-order chi connectivity index (χ1) is 10.9. The Labute approximate surface area is 137 Å². The third-order valence-corrected chi connectivity index (χ3v) is 4.45. The molecule has 6 nitrogen and oxygen atoms in total. The molecular formula is C16H18N4O2S. The standard InChI is InChI=1S/C16H18N4O2S/c1-16(2,3)20(15(21)22)8-13-19-12(9-23-13)11-7-18-14-10(11)5-4-6-17-14/h4-7,9H,8H2,1-3H3,(H,17,18)(H,21,22). The van der Waals surface area contributed by atoms with Crippen molar-refractivity contribution in [1.82, 2.24) is 19.9 Å². The molecule has 0 aliphatic rings. The highest BCUT2D eigenvalue weighted by atomic mass is 32.1. The van der Waals surface area contributed by atoms with Crippen molar-refractivity contribution in [2.45, 2.75) is 32.9 Å². The maximum atomic E-state index is 11.5. The Balaban J connectivity index is 1.90. The first-order valence-corrected chi connectivity index (χ1v) is 8.11.